The highest BCUT2D eigenvalue weighted by atomic mass is 16.7. The van der Waals surface area contributed by atoms with E-state index in [-0.39, 0.29) is 18.3 Å². The highest BCUT2D eigenvalue weighted by Crippen LogP contribution is 2.23. The van der Waals surface area contributed by atoms with Crippen LogP contribution in [-0.4, -0.2) is 35.0 Å². The molecule has 0 aromatic carbocycles. The predicted octanol–water partition coefficient (Wildman–Crippen LogP) is 3.32. The van der Waals surface area contributed by atoms with Gasteiger partial charge in [-0.3, -0.25) is 4.79 Å². The van der Waals surface area contributed by atoms with Crippen LogP contribution in [0.15, 0.2) is 0 Å². The van der Waals surface area contributed by atoms with Crippen molar-refractivity contribution in [3.63, 3.8) is 0 Å². The number of esters is 1. The first-order valence-corrected chi connectivity index (χ1v) is 8.51. The van der Waals surface area contributed by atoms with Crippen molar-refractivity contribution < 1.29 is 29.0 Å². The molecule has 0 heterocycles. The Labute approximate surface area is 144 Å². The predicted molar refractivity (Wildman–Crippen MR) is 89.4 cm³/mol. The van der Waals surface area contributed by atoms with E-state index in [1.807, 2.05) is 13.8 Å². The van der Waals surface area contributed by atoms with Gasteiger partial charge in [0, 0.05) is 12.3 Å². The number of rotatable bonds is 10. The summed E-state index contributed by atoms with van der Waals surface area (Å²) in [5.74, 6) is -1.69. The number of hydrogen-bond donors (Lipinski definition) is 2. The Morgan fingerprint density at radius 3 is 2.00 bits per heavy atom. The first-order chi connectivity index (χ1) is 11.1. The minimum Gasteiger partial charge on any atom is -0.480 e. The van der Waals surface area contributed by atoms with Gasteiger partial charge in [-0.05, 0) is 19.3 Å². The third kappa shape index (κ3) is 7.19. The van der Waals surface area contributed by atoms with Crippen molar-refractivity contribution in [2.45, 2.75) is 79.1 Å². The van der Waals surface area contributed by atoms with E-state index in [1.54, 1.807) is 20.8 Å². The van der Waals surface area contributed by atoms with Gasteiger partial charge in [0.25, 0.3) is 6.29 Å². The summed E-state index contributed by atoms with van der Waals surface area (Å²) in [5.41, 5.74) is -1.44. The molecule has 7 nitrogen and oxygen atoms in total. The van der Waals surface area contributed by atoms with Crippen LogP contribution in [0.2, 0.25) is 0 Å². The highest BCUT2D eigenvalue weighted by Gasteiger charge is 2.38. The van der Waals surface area contributed by atoms with Crippen molar-refractivity contribution in [2.24, 2.45) is 11.8 Å². The number of alkyl carbamates (subject to hydrolysis) is 1. The molecule has 1 amide bonds. The second-order valence-corrected chi connectivity index (χ2v) is 6.51. The lowest BCUT2D eigenvalue weighted by Crippen LogP contribution is -2.54. The average Bonchev–Trinajstić information content (AvgIpc) is 2.51. The Morgan fingerprint density at radius 1 is 1.08 bits per heavy atom. The normalized spacial score (nSPS) is 14.8. The van der Waals surface area contributed by atoms with Crippen LogP contribution in [0.1, 0.15) is 67.2 Å². The summed E-state index contributed by atoms with van der Waals surface area (Å²) < 4.78 is 10.2. The third-order valence-corrected chi connectivity index (χ3v) is 4.01. The molecular formula is C17H31NO6. The number of carboxylic acid groups (broad SMARTS) is 1. The lowest BCUT2D eigenvalue weighted by Gasteiger charge is -2.30. The van der Waals surface area contributed by atoms with E-state index in [2.05, 4.69) is 5.32 Å². The van der Waals surface area contributed by atoms with Gasteiger partial charge in [-0.15, -0.1) is 0 Å². The van der Waals surface area contributed by atoms with Crippen LogP contribution >= 0.6 is 0 Å². The average molecular weight is 345 g/mol. The van der Waals surface area contributed by atoms with Crippen molar-refractivity contribution >= 4 is 18.0 Å². The lowest BCUT2D eigenvalue weighted by molar-refractivity contribution is -0.175. The standard InChI is InChI=1S/C17H31NO6/c1-7-12(8-2)10-17(6,15(20)21)18-16(22)24-14(11(4)5)23-13(19)9-3/h11-12,14H,7-10H2,1-6H3,(H,18,22)(H,20,21)/t14-,17-/m0/s1. The van der Waals surface area contributed by atoms with Gasteiger partial charge < -0.3 is 19.9 Å². The maximum Gasteiger partial charge on any atom is 0.411 e. The molecule has 0 radical (unpaired) electrons. The minimum absolute atomic E-state index is 0.162. The summed E-state index contributed by atoms with van der Waals surface area (Å²) in [5, 5.41) is 11.9. The fourth-order valence-corrected chi connectivity index (χ4v) is 2.22. The number of amides is 1. The maximum absolute atomic E-state index is 12.1. The van der Waals surface area contributed by atoms with E-state index >= 15 is 0 Å². The smallest absolute Gasteiger partial charge is 0.411 e. The number of carboxylic acids is 1. The molecule has 0 saturated heterocycles. The third-order valence-electron chi connectivity index (χ3n) is 4.01. The van der Waals surface area contributed by atoms with E-state index in [0.717, 1.165) is 12.8 Å². The van der Waals surface area contributed by atoms with Gasteiger partial charge in [-0.25, -0.2) is 9.59 Å². The number of carbonyl (C=O) groups is 3. The Kier molecular flexibility index (Phi) is 9.40. The van der Waals surface area contributed by atoms with Crippen LogP contribution in [0.5, 0.6) is 0 Å². The largest absolute Gasteiger partial charge is 0.480 e. The fraction of sp³-hybridized carbons (Fsp3) is 0.824. The van der Waals surface area contributed by atoms with Crippen molar-refractivity contribution in [1.82, 2.24) is 5.32 Å². The summed E-state index contributed by atoms with van der Waals surface area (Å²) in [4.78, 5) is 35.1. The Morgan fingerprint density at radius 2 is 1.62 bits per heavy atom. The number of aliphatic carboxylic acids is 1. The van der Waals surface area contributed by atoms with Crippen LogP contribution in [0.3, 0.4) is 0 Å². The van der Waals surface area contributed by atoms with Gasteiger partial charge in [0.05, 0.1) is 0 Å². The molecule has 140 valence electrons. The van der Waals surface area contributed by atoms with Crippen LogP contribution in [-0.2, 0) is 19.1 Å². The highest BCUT2D eigenvalue weighted by molar-refractivity contribution is 5.84. The summed E-state index contributed by atoms with van der Waals surface area (Å²) in [7, 11) is 0. The Balaban J connectivity index is 4.98. The van der Waals surface area contributed by atoms with Crippen LogP contribution < -0.4 is 5.32 Å². The summed E-state index contributed by atoms with van der Waals surface area (Å²) in [6, 6.07) is 0. The number of hydrogen-bond acceptors (Lipinski definition) is 5. The van der Waals surface area contributed by atoms with E-state index in [4.69, 9.17) is 9.47 Å². The van der Waals surface area contributed by atoms with Crippen molar-refractivity contribution in [3.8, 4) is 0 Å². The van der Waals surface area contributed by atoms with Gasteiger partial charge in [0.1, 0.15) is 5.54 Å². The molecule has 0 aromatic rings. The van der Waals surface area contributed by atoms with Gasteiger partial charge in [-0.1, -0.05) is 47.5 Å². The molecule has 0 spiro atoms. The topological polar surface area (TPSA) is 102 Å². The van der Waals surface area contributed by atoms with Gasteiger partial charge in [-0.2, -0.15) is 0 Å². The van der Waals surface area contributed by atoms with Gasteiger partial charge in [0.15, 0.2) is 0 Å². The second-order valence-electron chi connectivity index (χ2n) is 6.51. The molecule has 2 atom stereocenters. The molecule has 2 N–H and O–H groups in total. The van der Waals surface area contributed by atoms with Gasteiger partial charge in [0.2, 0.25) is 0 Å². The Bertz CT molecular complexity index is 433. The van der Waals surface area contributed by atoms with Crippen molar-refractivity contribution in [1.29, 1.82) is 0 Å². The Hall–Kier alpha value is -1.79. The molecule has 0 aliphatic heterocycles. The minimum atomic E-state index is -1.44. The fourth-order valence-electron chi connectivity index (χ4n) is 2.22. The van der Waals surface area contributed by atoms with E-state index in [1.165, 1.54) is 6.92 Å². The molecule has 0 saturated carbocycles. The number of nitrogens with one attached hydrogen (secondary N) is 1. The quantitative estimate of drug-likeness (QED) is 0.465. The number of carbonyl (C=O) groups excluding carboxylic acids is 2. The van der Waals surface area contributed by atoms with Gasteiger partial charge >= 0.3 is 18.0 Å². The molecule has 24 heavy (non-hydrogen) atoms. The lowest BCUT2D eigenvalue weighted by atomic mass is 9.86. The van der Waals surface area contributed by atoms with E-state index < -0.39 is 29.9 Å². The molecule has 7 heteroatoms. The summed E-state index contributed by atoms with van der Waals surface area (Å²) in [6.07, 6.45) is 0.135. The first-order valence-electron chi connectivity index (χ1n) is 8.51. The summed E-state index contributed by atoms with van der Waals surface area (Å²) in [6.45, 7) is 10.5. The molecule has 0 aromatic heterocycles. The van der Waals surface area contributed by atoms with E-state index in [0.29, 0.717) is 6.42 Å². The maximum atomic E-state index is 12.1. The zero-order valence-electron chi connectivity index (χ0n) is 15.5. The molecule has 0 unspecified atom stereocenters. The zero-order valence-corrected chi connectivity index (χ0v) is 15.5. The molecule has 0 aliphatic carbocycles. The monoisotopic (exact) mass is 345 g/mol. The van der Waals surface area contributed by atoms with Crippen molar-refractivity contribution in [3.05, 3.63) is 0 Å². The van der Waals surface area contributed by atoms with Crippen LogP contribution in [0.25, 0.3) is 0 Å². The molecule has 0 rings (SSSR count). The first kappa shape index (κ1) is 22.2. The van der Waals surface area contributed by atoms with E-state index in [9.17, 15) is 19.5 Å². The van der Waals surface area contributed by atoms with Crippen LogP contribution in [0.4, 0.5) is 4.79 Å². The molecular weight excluding hydrogens is 314 g/mol. The van der Waals surface area contributed by atoms with Crippen LogP contribution in [0, 0.1) is 11.8 Å². The number of ether oxygens (including phenoxy) is 2. The molecule has 0 bridgehead atoms. The SMILES string of the molecule is CCC(=O)O[C@@H](OC(=O)N[C@@](C)(CC(CC)CC)C(=O)O)C(C)C. The zero-order chi connectivity index (χ0) is 18.9. The molecule has 0 fully saturated rings. The summed E-state index contributed by atoms with van der Waals surface area (Å²) >= 11 is 0. The second kappa shape index (κ2) is 10.2. The molecule has 0 aliphatic rings. The van der Waals surface area contributed by atoms with Crippen molar-refractivity contribution in [2.75, 3.05) is 0 Å².